The van der Waals surface area contributed by atoms with E-state index in [1.54, 1.807) is 0 Å². The van der Waals surface area contributed by atoms with Crippen molar-refractivity contribution >= 4 is 5.78 Å². The van der Waals surface area contributed by atoms with Gasteiger partial charge in [0.2, 0.25) is 0 Å². The number of hydrogen-bond donors (Lipinski definition) is 0. The molecule has 6 nitrogen and oxygen atoms in total. The molecule has 0 amide bonds. The molecule has 0 aromatic heterocycles. The second-order valence-corrected chi connectivity index (χ2v) is 6.28. The smallest absolute Gasteiger partial charge is 0.167 e. The number of Topliss-reactive ketones (excluding diaryl/α,β-unsaturated/α-hetero) is 1. The minimum Gasteiger partial charge on any atom is -0.487 e. The van der Waals surface area contributed by atoms with Crippen LogP contribution in [0.2, 0.25) is 0 Å². The summed E-state index contributed by atoms with van der Waals surface area (Å²) in [6.07, 6.45) is 0.303. The molecule has 0 atom stereocenters. The summed E-state index contributed by atoms with van der Waals surface area (Å²) >= 11 is 0. The molecule has 0 saturated heterocycles. The van der Waals surface area contributed by atoms with Crippen molar-refractivity contribution in [2.75, 3.05) is 52.9 Å². The molecule has 0 radical (unpaired) electrons. The van der Waals surface area contributed by atoms with Crippen LogP contribution in [-0.4, -0.2) is 58.6 Å². The predicted octanol–water partition coefficient (Wildman–Crippen LogP) is 2.93. The first-order valence-corrected chi connectivity index (χ1v) is 9.53. The molecule has 3 rings (SSSR count). The van der Waals surface area contributed by atoms with Crippen molar-refractivity contribution in [3.8, 4) is 11.5 Å². The van der Waals surface area contributed by atoms with E-state index >= 15 is 0 Å². The van der Waals surface area contributed by atoms with E-state index in [1.165, 1.54) is 0 Å². The fraction of sp³-hybridized carbons (Fsp3) is 0.409. The van der Waals surface area contributed by atoms with E-state index in [4.69, 9.17) is 23.7 Å². The summed E-state index contributed by atoms with van der Waals surface area (Å²) < 4.78 is 28.0. The molecule has 0 aliphatic carbocycles. The monoisotopic (exact) mass is 386 g/mol. The molecule has 1 aliphatic heterocycles. The molecular formula is C22H26O6. The number of carbonyl (C=O) groups is 1. The highest BCUT2D eigenvalue weighted by Crippen LogP contribution is 2.29. The van der Waals surface area contributed by atoms with E-state index in [9.17, 15) is 4.79 Å². The molecular weight excluding hydrogens is 360 g/mol. The molecule has 2 aromatic rings. The number of ether oxygens (including phenoxy) is 5. The molecule has 2 aromatic carbocycles. The standard InChI is InChI=1S/C22H26O6/c23-20(19-4-2-1-3-5-19)16-18-6-7-21-22(17-18)28-15-13-26-11-9-24-8-10-25-12-14-27-21/h1-7,17H,8-16H2. The zero-order valence-corrected chi connectivity index (χ0v) is 15.9. The number of rotatable bonds is 3. The zero-order chi connectivity index (χ0) is 19.4. The van der Waals surface area contributed by atoms with Crippen LogP contribution >= 0.6 is 0 Å². The molecule has 1 aliphatic rings. The van der Waals surface area contributed by atoms with Crippen molar-refractivity contribution < 1.29 is 28.5 Å². The number of carbonyl (C=O) groups excluding carboxylic acids is 1. The van der Waals surface area contributed by atoms with Gasteiger partial charge in [0.05, 0.1) is 39.6 Å². The highest BCUT2D eigenvalue weighted by atomic mass is 16.6. The number of benzene rings is 2. The fourth-order valence-corrected chi connectivity index (χ4v) is 2.77. The largest absolute Gasteiger partial charge is 0.487 e. The van der Waals surface area contributed by atoms with Gasteiger partial charge in [-0.3, -0.25) is 4.79 Å². The maximum atomic E-state index is 12.5. The van der Waals surface area contributed by atoms with Gasteiger partial charge in [-0.25, -0.2) is 0 Å². The van der Waals surface area contributed by atoms with Crippen LogP contribution in [0, 0.1) is 0 Å². The lowest BCUT2D eigenvalue weighted by atomic mass is 10.0. The van der Waals surface area contributed by atoms with Gasteiger partial charge >= 0.3 is 0 Å². The van der Waals surface area contributed by atoms with E-state index < -0.39 is 0 Å². The lowest BCUT2D eigenvalue weighted by Gasteiger charge is -2.14. The van der Waals surface area contributed by atoms with Crippen molar-refractivity contribution in [2.45, 2.75) is 6.42 Å². The topological polar surface area (TPSA) is 63.2 Å². The third-order valence-electron chi connectivity index (χ3n) is 4.18. The number of fused-ring (bicyclic) bond motifs is 1. The number of hydrogen-bond acceptors (Lipinski definition) is 6. The Balaban J connectivity index is 1.66. The molecule has 6 heteroatoms. The van der Waals surface area contributed by atoms with Crippen molar-refractivity contribution in [3.63, 3.8) is 0 Å². The Morgan fingerprint density at radius 1 is 0.679 bits per heavy atom. The van der Waals surface area contributed by atoms with Crippen LogP contribution < -0.4 is 9.47 Å². The Morgan fingerprint density at radius 2 is 1.25 bits per heavy atom. The summed E-state index contributed by atoms with van der Waals surface area (Å²) in [7, 11) is 0. The third-order valence-corrected chi connectivity index (χ3v) is 4.18. The summed E-state index contributed by atoms with van der Waals surface area (Å²) in [5, 5.41) is 0. The summed E-state index contributed by atoms with van der Waals surface area (Å²) in [6.45, 7) is 3.82. The van der Waals surface area contributed by atoms with Crippen LogP contribution in [0.4, 0.5) is 0 Å². The van der Waals surface area contributed by atoms with E-state index in [0.717, 1.165) is 5.56 Å². The zero-order valence-electron chi connectivity index (χ0n) is 15.9. The highest BCUT2D eigenvalue weighted by molar-refractivity contribution is 5.97. The average Bonchev–Trinajstić information content (AvgIpc) is 2.73. The maximum Gasteiger partial charge on any atom is 0.167 e. The van der Waals surface area contributed by atoms with Gasteiger partial charge < -0.3 is 23.7 Å². The van der Waals surface area contributed by atoms with Crippen LogP contribution in [0.25, 0.3) is 0 Å². The normalized spacial score (nSPS) is 16.6. The molecule has 150 valence electrons. The summed E-state index contributed by atoms with van der Waals surface area (Å²) in [5.74, 6) is 1.30. The van der Waals surface area contributed by atoms with Gasteiger partial charge in [0, 0.05) is 12.0 Å². The van der Waals surface area contributed by atoms with E-state index in [2.05, 4.69) is 0 Å². The van der Waals surface area contributed by atoms with E-state index in [1.807, 2.05) is 48.5 Å². The second kappa shape index (κ2) is 11.4. The molecule has 0 unspecified atom stereocenters. The maximum absolute atomic E-state index is 12.5. The van der Waals surface area contributed by atoms with Gasteiger partial charge in [0.25, 0.3) is 0 Å². The van der Waals surface area contributed by atoms with Gasteiger partial charge in [-0.2, -0.15) is 0 Å². The average molecular weight is 386 g/mol. The van der Waals surface area contributed by atoms with Gasteiger partial charge in [0.15, 0.2) is 17.3 Å². The Hall–Kier alpha value is -2.41. The van der Waals surface area contributed by atoms with Crippen molar-refractivity contribution in [2.24, 2.45) is 0 Å². The Morgan fingerprint density at radius 3 is 1.89 bits per heavy atom. The molecule has 0 bridgehead atoms. The highest BCUT2D eigenvalue weighted by Gasteiger charge is 2.11. The predicted molar refractivity (Wildman–Crippen MR) is 104 cm³/mol. The summed E-state index contributed by atoms with van der Waals surface area (Å²) in [5.41, 5.74) is 1.57. The first kappa shape index (κ1) is 20.3. The van der Waals surface area contributed by atoms with E-state index in [0.29, 0.717) is 76.3 Å². The van der Waals surface area contributed by atoms with Crippen molar-refractivity contribution in [1.82, 2.24) is 0 Å². The Bertz CT molecular complexity index is 731. The number of ketones is 1. The van der Waals surface area contributed by atoms with Crippen LogP contribution in [-0.2, 0) is 20.6 Å². The minimum atomic E-state index is 0.0651. The van der Waals surface area contributed by atoms with Crippen LogP contribution in [0.15, 0.2) is 48.5 Å². The lowest BCUT2D eigenvalue weighted by Crippen LogP contribution is -2.13. The van der Waals surface area contributed by atoms with Crippen molar-refractivity contribution in [1.29, 1.82) is 0 Å². The van der Waals surface area contributed by atoms with Crippen LogP contribution in [0.3, 0.4) is 0 Å². The van der Waals surface area contributed by atoms with Crippen LogP contribution in [0.1, 0.15) is 15.9 Å². The summed E-state index contributed by atoms with van der Waals surface area (Å²) in [6, 6.07) is 14.9. The first-order chi connectivity index (χ1) is 13.8. The molecule has 1 heterocycles. The summed E-state index contributed by atoms with van der Waals surface area (Å²) in [4.78, 5) is 12.5. The van der Waals surface area contributed by atoms with E-state index in [-0.39, 0.29) is 5.78 Å². The van der Waals surface area contributed by atoms with Gasteiger partial charge in [-0.15, -0.1) is 0 Å². The third kappa shape index (κ3) is 6.64. The van der Waals surface area contributed by atoms with Gasteiger partial charge in [-0.05, 0) is 17.7 Å². The van der Waals surface area contributed by atoms with Gasteiger partial charge in [-0.1, -0.05) is 36.4 Å². The molecule has 0 fully saturated rings. The SMILES string of the molecule is O=C(Cc1ccc2c(c1)OCCOCCOCCOCCO2)c1ccccc1. The van der Waals surface area contributed by atoms with Crippen molar-refractivity contribution in [3.05, 3.63) is 59.7 Å². The minimum absolute atomic E-state index is 0.0651. The molecule has 0 saturated carbocycles. The lowest BCUT2D eigenvalue weighted by molar-refractivity contribution is 0.00708. The molecule has 28 heavy (non-hydrogen) atoms. The molecule has 0 spiro atoms. The molecule has 0 N–H and O–H groups in total. The quantitative estimate of drug-likeness (QED) is 0.756. The Labute approximate surface area is 165 Å². The fourth-order valence-electron chi connectivity index (χ4n) is 2.77. The first-order valence-electron chi connectivity index (χ1n) is 9.53. The van der Waals surface area contributed by atoms with Gasteiger partial charge in [0.1, 0.15) is 13.2 Å². The Kier molecular flexibility index (Phi) is 8.30. The van der Waals surface area contributed by atoms with Crippen LogP contribution in [0.5, 0.6) is 11.5 Å². The second-order valence-electron chi connectivity index (χ2n) is 6.28.